The number of hydrogen-bond donors (Lipinski definition) is 1. The molecule has 0 radical (unpaired) electrons. The maximum Gasteiger partial charge on any atom is 0.311 e. The standard InChI is InChI=1S/C17H18ClN3O3/c1-11-9-21(13-6-4-3-5-12(13)18)19-14(11)15(22)20-8-7-17(2,10-20)16(23)24/h3-6,9H,7-8,10H2,1-2H3,(H,23,24). The van der Waals surface area contributed by atoms with E-state index in [4.69, 9.17) is 11.6 Å². The molecule has 1 amide bonds. The van der Waals surface area contributed by atoms with Crippen molar-refractivity contribution in [2.24, 2.45) is 5.41 Å². The number of aryl methyl sites for hydroxylation is 1. The van der Waals surface area contributed by atoms with Crippen molar-refractivity contribution in [3.05, 3.63) is 46.7 Å². The summed E-state index contributed by atoms with van der Waals surface area (Å²) in [6.07, 6.45) is 2.19. The Balaban J connectivity index is 1.87. The average Bonchev–Trinajstić information content (AvgIpc) is 3.12. The number of carboxylic acids is 1. The summed E-state index contributed by atoms with van der Waals surface area (Å²) >= 11 is 6.18. The van der Waals surface area contributed by atoms with Crippen LogP contribution in [0.3, 0.4) is 0 Å². The fourth-order valence-corrected chi connectivity index (χ4v) is 3.11. The van der Waals surface area contributed by atoms with Gasteiger partial charge in [-0.3, -0.25) is 9.59 Å². The van der Waals surface area contributed by atoms with E-state index >= 15 is 0 Å². The number of hydrogen-bond acceptors (Lipinski definition) is 3. The van der Waals surface area contributed by atoms with E-state index in [-0.39, 0.29) is 12.5 Å². The van der Waals surface area contributed by atoms with E-state index in [1.807, 2.05) is 18.2 Å². The van der Waals surface area contributed by atoms with E-state index in [1.54, 1.807) is 35.7 Å². The molecular formula is C17H18ClN3O3. The highest BCUT2D eigenvalue weighted by Crippen LogP contribution is 2.31. The largest absolute Gasteiger partial charge is 0.481 e. The maximum absolute atomic E-state index is 12.7. The molecule has 0 aliphatic carbocycles. The summed E-state index contributed by atoms with van der Waals surface area (Å²) in [5.74, 6) is -1.13. The Labute approximate surface area is 144 Å². The van der Waals surface area contributed by atoms with Gasteiger partial charge in [0.25, 0.3) is 5.91 Å². The Morgan fingerprint density at radius 3 is 2.67 bits per heavy atom. The molecule has 2 aromatic rings. The lowest BCUT2D eigenvalue weighted by molar-refractivity contribution is -0.147. The van der Waals surface area contributed by atoms with Crippen LogP contribution in [0.15, 0.2) is 30.5 Å². The summed E-state index contributed by atoms with van der Waals surface area (Å²) in [6, 6.07) is 7.25. The monoisotopic (exact) mass is 347 g/mol. The van der Waals surface area contributed by atoms with E-state index in [0.29, 0.717) is 29.4 Å². The van der Waals surface area contributed by atoms with E-state index in [9.17, 15) is 14.7 Å². The van der Waals surface area contributed by atoms with Gasteiger partial charge >= 0.3 is 5.97 Å². The van der Waals surface area contributed by atoms with Gasteiger partial charge in [0.05, 0.1) is 16.1 Å². The van der Waals surface area contributed by atoms with Crippen molar-refractivity contribution < 1.29 is 14.7 Å². The molecule has 0 bridgehead atoms. The normalized spacial score (nSPS) is 20.4. The van der Waals surface area contributed by atoms with Crippen LogP contribution in [0.2, 0.25) is 5.02 Å². The number of benzene rings is 1. The quantitative estimate of drug-likeness (QED) is 0.926. The Bertz CT molecular complexity index is 817. The number of carbonyl (C=O) groups excluding carboxylic acids is 1. The first-order chi connectivity index (χ1) is 11.3. The Morgan fingerprint density at radius 2 is 2.04 bits per heavy atom. The van der Waals surface area contributed by atoms with Crippen molar-refractivity contribution in [1.82, 2.24) is 14.7 Å². The highest BCUT2D eigenvalue weighted by molar-refractivity contribution is 6.32. The van der Waals surface area contributed by atoms with Crippen molar-refractivity contribution >= 4 is 23.5 Å². The van der Waals surface area contributed by atoms with Crippen LogP contribution in [0, 0.1) is 12.3 Å². The molecule has 24 heavy (non-hydrogen) atoms. The number of rotatable bonds is 3. The third-order valence-corrected chi connectivity index (χ3v) is 4.80. The zero-order valence-electron chi connectivity index (χ0n) is 13.5. The maximum atomic E-state index is 12.7. The van der Waals surface area contributed by atoms with Crippen LogP contribution in [0.5, 0.6) is 0 Å². The lowest BCUT2D eigenvalue weighted by Gasteiger charge is -2.19. The van der Waals surface area contributed by atoms with Crippen LogP contribution in [0.25, 0.3) is 5.69 Å². The summed E-state index contributed by atoms with van der Waals surface area (Å²) in [5, 5.41) is 14.2. The van der Waals surface area contributed by atoms with Gasteiger partial charge in [-0.1, -0.05) is 23.7 Å². The van der Waals surface area contributed by atoms with Crippen LogP contribution in [0.4, 0.5) is 0 Å². The van der Waals surface area contributed by atoms with Crippen molar-refractivity contribution in [1.29, 1.82) is 0 Å². The van der Waals surface area contributed by atoms with E-state index in [0.717, 1.165) is 5.56 Å². The molecule has 7 heteroatoms. The molecule has 3 rings (SSSR count). The molecule has 0 saturated carbocycles. The predicted molar refractivity (Wildman–Crippen MR) is 89.6 cm³/mol. The van der Waals surface area contributed by atoms with Crippen LogP contribution in [-0.2, 0) is 4.79 Å². The van der Waals surface area contributed by atoms with Gasteiger partial charge in [0.15, 0.2) is 5.69 Å². The van der Waals surface area contributed by atoms with Crippen LogP contribution in [-0.4, -0.2) is 44.8 Å². The molecule has 126 valence electrons. The summed E-state index contributed by atoms with van der Waals surface area (Å²) in [4.78, 5) is 25.6. The Hall–Kier alpha value is -2.34. The topological polar surface area (TPSA) is 75.4 Å². The number of nitrogens with zero attached hydrogens (tertiary/aromatic N) is 3. The van der Waals surface area contributed by atoms with Gasteiger partial charge in [-0.2, -0.15) is 5.10 Å². The number of halogens is 1. The number of likely N-dealkylation sites (tertiary alicyclic amines) is 1. The number of amides is 1. The molecule has 1 atom stereocenters. The summed E-state index contributed by atoms with van der Waals surface area (Å²) in [7, 11) is 0. The lowest BCUT2D eigenvalue weighted by atomic mass is 9.90. The summed E-state index contributed by atoms with van der Waals surface area (Å²) < 4.78 is 1.58. The van der Waals surface area contributed by atoms with E-state index in [2.05, 4.69) is 5.10 Å². The van der Waals surface area contributed by atoms with Crippen LogP contribution >= 0.6 is 11.6 Å². The number of aromatic nitrogens is 2. The minimum Gasteiger partial charge on any atom is -0.481 e. The first-order valence-electron chi connectivity index (χ1n) is 7.66. The minimum atomic E-state index is -0.894. The predicted octanol–water partition coefficient (Wildman–Crippen LogP) is 2.77. The zero-order valence-corrected chi connectivity index (χ0v) is 14.2. The van der Waals surface area contributed by atoms with Gasteiger partial charge in [0, 0.05) is 24.8 Å². The second-order valence-corrected chi connectivity index (χ2v) is 6.81. The van der Waals surface area contributed by atoms with Crippen molar-refractivity contribution in [3.63, 3.8) is 0 Å². The molecule has 0 spiro atoms. The van der Waals surface area contributed by atoms with Crippen molar-refractivity contribution in [2.75, 3.05) is 13.1 Å². The third kappa shape index (κ3) is 2.78. The molecule has 1 N–H and O–H groups in total. The third-order valence-electron chi connectivity index (χ3n) is 4.48. The number of carboxylic acid groups (broad SMARTS) is 1. The SMILES string of the molecule is Cc1cn(-c2ccccc2Cl)nc1C(=O)N1CCC(C)(C(=O)O)C1. The number of carbonyl (C=O) groups is 2. The fourth-order valence-electron chi connectivity index (χ4n) is 2.89. The smallest absolute Gasteiger partial charge is 0.311 e. The second-order valence-electron chi connectivity index (χ2n) is 6.40. The molecule has 1 aliphatic rings. The minimum absolute atomic E-state index is 0.194. The molecule has 1 unspecified atom stereocenters. The van der Waals surface area contributed by atoms with Gasteiger partial charge in [-0.15, -0.1) is 0 Å². The van der Waals surface area contributed by atoms with Gasteiger partial charge in [0.1, 0.15) is 0 Å². The molecule has 1 aromatic carbocycles. The molecule has 1 aliphatic heterocycles. The van der Waals surface area contributed by atoms with Crippen molar-refractivity contribution in [3.8, 4) is 5.69 Å². The van der Waals surface area contributed by atoms with Crippen LogP contribution in [0.1, 0.15) is 29.4 Å². The first-order valence-corrected chi connectivity index (χ1v) is 8.03. The molecule has 1 aromatic heterocycles. The first kappa shape index (κ1) is 16.5. The molecular weight excluding hydrogens is 330 g/mol. The van der Waals surface area contributed by atoms with E-state index < -0.39 is 11.4 Å². The van der Waals surface area contributed by atoms with Gasteiger partial charge in [-0.05, 0) is 32.4 Å². The molecule has 6 nitrogen and oxygen atoms in total. The summed E-state index contributed by atoms with van der Waals surface area (Å²) in [6.45, 7) is 4.08. The molecule has 2 heterocycles. The lowest BCUT2D eigenvalue weighted by Crippen LogP contribution is -2.35. The number of aliphatic carboxylic acids is 1. The second kappa shape index (κ2) is 5.94. The van der Waals surface area contributed by atoms with Crippen molar-refractivity contribution in [2.45, 2.75) is 20.3 Å². The number of para-hydroxylation sites is 1. The van der Waals surface area contributed by atoms with Gasteiger partial charge in [-0.25, -0.2) is 4.68 Å². The summed E-state index contributed by atoms with van der Waals surface area (Å²) in [5.41, 5.74) is 0.848. The highest BCUT2D eigenvalue weighted by atomic mass is 35.5. The van der Waals surface area contributed by atoms with E-state index in [1.165, 1.54) is 0 Å². The Kier molecular flexibility index (Phi) is 4.09. The zero-order chi connectivity index (χ0) is 17.5. The fraction of sp³-hybridized carbons (Fsp3) is 0.353. The Morgan fingerprint density at radius 1 is 1.33 bits per heavy atom. The molecule has 1 fully saturated rings. The van der Waals surface area contributed by atoms with Crippen LogP contribution < -0.4 is 0 Å². The average molecular weight is 348 g/mol. The highest BCUT2D eigenvalue weighted by Gasteiger charge is 2.42. The molecule has 1 saturated heterocycles. The van der Waals surface area contributed by atoms with Gasteiger partial charge in [0.2, 0.25) is 0 Å². The van der Waals surface area contributed by atoms with Gasteiger partial charge < -0.3 is 10.0 Å².